The lowest BCUT2D eigenvalue weighted by atomic mass is 10.2. The van der Waals surface area contributed by atoms with Gasteiger partial charge >= 0.3 is 5.97 Å². The first kappa shape index (κ1) is 22.8. The second-order valence-corrected chi connectivity index (χ2v) is 7.20. The standard InChI is InChI=1S/C22H21N3O6S/c1-4-31-21(28)13-5-7-15(8-6-13)23-20(27)18-12-32-22(24-18)25-19(26)14-9-16(29-2)11-17(10-14)30-3/h5-12H,4H2,1-3H3,(H,23,27)(H,24,25,26). The third kappa shape index (κ3) is 5.61. The number of hydrogen-bond acceptors (Lipinski definition) is 8. The molecular formula is C22H21N3O6S. The van der Waals surface area contributed by atoms with Crippen molar-refractivity contribution in [1.29, 1.82) is 0 Å². The molecule has 3 rings (SSSR count). The van der Waals surface area contributed by atoms with E-state index in [1.807, 2.05) is 0 Å². The molecule has 0 atom stereocenters. The Morgan fingerprint density at radius 3 is 2.16 bits per heavy atom. The molecule has 0 bridgehead atoms. The minimum absolute atomic E-state index is 0.142. The van der Waals surface area contributed by atoms with E-state index >= 15 is 0 Å². The normalized spacial score (nSPS) is 10.2. The number of benzene rings is 2. The van der Waals surface area contributed by atoms with Gasteiger partial charge in [0.2, 0.25) is 0 Å². The molecule has 3 aromatic rings. The highest BCUT2D eigenvalue weighted by Crippen LogP contribution is 2.24. The number of thiazole rings is 1. The summed E-state index contributed by atoms with van der Waals surface area (Å²) in [6, 6.07) is 11.1. The van der Waals surface area contributed by atoms with Gasteiger partial charge in [0.05, 0.1) is 26.4 Å². The number of carbonyl (C=O) groups is 3. The fraction of sp³-hybridized carbons (Fsp3) is 0.182. The molecule has 0 saturated heterocycles. The Morgan fingerprint density at radius 1 is 0.906 bits per heavy atom. The fourth-order valence-electron chi connectivity index (χ4n) is 2.64. The van der Waals surface area contributed by atoms with Crippen LogP contribution in [0.5, 0.6) is 11.5 Å². The molecule has 1 aromatic heterocycles. The maximum Gasteiger partial charge on any atom is 0.338 e. The molecule has 2 amide bonds. The zero-order valence-electron chi connectivity index (χ0n) is 17.6. The van der Waals surface area contributed by atoms with Gasteiger partial charge in [-0.2, -0.15) is 0 Å². The lowest BCUT2D eigenvalue weighted by molar-refractivity contribution is 0.0526. The van der Waals surface area contributed by atoms with Crippen molar-refractivity contribution < 1.29 is 28.6 Å². The van der Waals surface area contributed by atoms with Gasteiger partial charge in [-0.05, 0) is 43.3 Å². The van der Waals surface area contributed by atoms with Gasteiger partial charge < -0.3 is 19.5 Å². The summed E-state index contributed by atoms with van der Waals surface area (Å²) in [4.78, 5) is 40.9. The average molecular weight is 455 g/mol. The number of hydrogen-bond donors (Lipinski definition) is 2. The van der Waals surface area contributed by atoms with E-state index in [4.69, 9.17) is 14.2 Å². The van der Waals surface area contributed by atoms with E-state index in [9.17, 15) is 14.4 Å². The van der Waals surface area contributed by atoms with E-state index in [0.717, 1.165) is 11.3 Å². The van der Waals surface area contributed by atoms with Crippen molar-refractivity contribution in [3.63, 3.8) is 0 Å². The molecule has 10 heteroatoms. The molecule has 0 aliphatic rings. The van der Waals surface area contributed by atoms with Crippen LogP contribution in [0.25, 0.3) is 0 Å². The molecule has 0 unspecified atom stereocenters. The summed E-state index contributed by atoms with van der Waals surface area (Å²) in [6.07, 6.45) is 0. The number of rotatable bonds is 8. The van der Waals surface area contributed by atoms with Crippen LogP contribution in [0.1, 0.15) is 38.1 Å². The molecule has 0 spiro atoms. The van der Waals surface area contributed by atoms with Crippen LogP contribution in [0.15, 0.2) is 47.8 Å². The summed E-state index contributed by atoms with van der Waals surface area (Å²) >= 11 is 1.12. The second kappa shape index (κ2) is 10.4. The monoisotopic (exact) mass is 455 g/mol. The molecule has 2 N–H and O–H groups in total. The molecule has 0 fully saturated rings. The Hall–Kier alpha value is -3.92. The van der Waals surface area contributed by atoms with E-state index in [1.54, 1.807) is 49.4 Å². The summed E-state index contributed by atoms with van der Waals surface area (Å²) in [5, 5.41) is 7.15. The van der Waals surface area contributed by atoms with Crippen LogP contribution in [0.3, 0.4) is 0 Å². The molecule has 0 radical (unpaired) electrons. The Morgan fingerprint density at radius 2 is 1.56 bits per heavy atom. The zero-order chi connectivity index (χ0) is 23.1. The van der Waals surface area contributed by atoms with Gasteiger partial charge in [-0.25, -0.2) is 9.78 Å². The summed E-state index contributed by atoms with van der Waals surface area (Å²) in [6.45, 7) is 2.01. The first-order valence-electron chi connectivity index (χ1n) is 9.52. The minimum Gasteiger partial charge on any atom is -0.497 e. The number of ether oxygens (including phenoxy) is 3. The summed E-state index contributed by atoms with van der Waals surface area (Å²) in [5.41, 5.74) is 1.34. The van der Waals surface area contributed by atoms with Crippen molar-refractivity contribution in [2.75, 3.05) is 31.5 Å². The molecular weight excluding hydrogens is 434 g/mol. The van der Waals surface area contributed by atoms with Gasteiger partial charge in [0.1, 0.15) is 17.2 Å². The van der Waals surface area contributed by atoms with Gasteiger partial charge in [-0.1, -0.05) is 0 Å². The van der Waals surface area contributed by atoms with Crippen LogP contribution in [0.2, 0.25) is 0 Å². The van der Waals surface area contributed by atoms with Gasteiger partial charge in [-0.3, -0.25) is 14.9 Å². The number of aromatic nitrogens is 1. The van der Waals surface area contributed by atoms with Crippen molar-refractivity contribution in [1.82, 2.24) is 4.98 Å². The predicted molar refractivity (Wildman–Crippen MR) is 120 cm³/mol. The molecule has 0 aliphatic heterocycles. The minimum atomic E-state index is -0.450. The van der Waals surface area contributed by atoms with Gasteiger partial charge in [-0.15, -0.1) is 11.3 Å². The maximum atomic E-state index is 12.6. The Labute approximate surface area is 188 Å². The highest BCUT2D eigenvalue weighted by molar-refractivity contribution is 7.14. The molecule has 2 aromatic carbocycles. The molecule has 166 valence electrons. The number of esters is 1. The fourth-order valence-corrected chi connectivity index (χ4v) is 3.33. The molecule has 1 heterocycles. The van der Waals surface area contributed by atoms with Crippen molar-refractivity contribution in [2.24, 2.45) is 0 Å². The first-order chi connectivity index (χ1) is 15.4. The van der Waals surface area contributed by atoms with Crippen molar-refractivity contribution in [3.8, 4) is 11.5 Å². The largest absolute Gasteiger partial charge is 0.497 e. The number of amides is 2. The van der Waals surface area contributed by atoms with Crippen LogP contribution >= 0.6 is 11.3 Å². The Balaban J connectivity index is 1.64. The number of nitrogens with zero attached hydrogens (tertiary/aromatic N) is 1. The van der Waals surface area contributed by atoms with E-state index < -0.39 is 17.8 Å². The lowest BCUT2D eigenvalue weighted by Gasteiger charge is -2.08. The average Bonchev–Trinajstić information content (AvgIpc) is 3.28. The van der Waals surface area contributed by atoms with E-state index in [2.05, 4.69) is 15.6 Å². The molecule has 0 saturated carbocycles. The predicted octanol–water partition coefficient (Wildman–Crippen LogP) is 3.84. The van der Waals surface area contributed by atoms with Crippen LogP contribution in [-0.2, 0) is 4.74 Å². The van der Waals surface area contributed by atoms with Crippen LogP contribution < -0.4 is 20.1 Å². The van der Waals surface area contributed by atoms with Crippen LogP contribution in [0, 0.1) is 0 Å². The maximum absolute atomic E-state index is 12.6. The van der Waals surface area contributed by atoms with E-state index in [1.165, 1.54) is 19.6 Å². The number of nitrogens with one attached hydrogen (secondary N) is 2. The van der Waals surface area contributed by atoms with E-state index in [-0.39, 0.29) is 17.4 Å². The zero-order valence-corrected chi connectivity index (χ0v) is 18.4. The number of carbonyl (C=O) groups excluding carboxylic acids is 3. The van der Waals surface area contributed by atoms with Gasteiger partial charge in [0, 0.05) is 22.7 Å². The van der Waals surface area contributed by atoms with E-state index in [0.29, 0.717) is 28.3 Å². The SMILES string of the molecule is CCOC(=O)c1ccc(NC(=O)c2csc(NC(=O)c3cc(OC)cc(OC)c3)n2)cc1. The highest BCUT2D eigenvalue weighted by Gasteiger charge is 2.15. The molecule has 9 nitrogen and oxygen atoms in total. The Kier molecular flexibility index (Phi) is 7.40. The van der Waals surface area contributed by atoms with Crippen LogP contribution in [0.4, 0.5) is 10.8 Å². The van der Waals surface area contributed by atoms with Gasteiger partial charge in [0.15, 0.2) is 5.13 Å². The summed E-state index contributed by atoms with van der Waals surface area (Å²) < 4.78 is 15.3. The van der Waals surface area contributed by atoms with Crippen LogP contribution in [-0.4, -0.2) is 43.6 Å². The number of methoxy groups -OCH3 is 2. The topological polar surface area (TPSA) is 116 Å². The third-order valence-corrected chi connectivity index (χ3v) is 4.98. The summed E-state index contributed by atoms with van der Waals surface area (Å²) in [5.74, 6) is -0.351. The van der Waals surface area contributed by atoms with Crippen molar-refractivity contribution in [2.45, 2.75) is 6.92 Å². The van der Waals surface area contributed by atoms with Gasteiger partial charge in [0.25, 0.3) is 11.8 Å². The van der Waals surface area contributed by atoms with Crippen molar-refractivity contribution in [3.05, 3.63) is 64.7 Å². The Bertz CT molecular complexity index is 1100. The molecule has 32 heavy (non-hydrogen) atoms. The number of anilines is 2. The first-order valence-corrected chi connectivity index (χ1v) is 10.4. The lowest BCUT2D eigenvalue weighted by Crippen LogP contribution is -2.14. The highest BCUT2D eigenvalue weighted by atomic mass is 32.1. The third-order valence-electron chi connectivity index (χ3n) is 4.22. The second-order valence-electron chi connectivity index (χ2n) is 6.35. The smallest absolute Gasteiger partial charge is 0.338 e. The van der Waals surface area contributed by atoms with Crippen molar-refractivity contribution >= 4 is 39.9 Å². The molecule has 0 aliphatic carbocycles. The quantitative estimate of drug-likeness (QED) is 0.496. The summed E-state index contributed by atoms with van der Waals surface area (Å²) in [7, 11) is 2.99.